The molecule has 7 heteroatoms. The number of rotatable bonds is 3. The third-order valence-corrected chi connectivity index (χ3v) is 5.58. The van der Waals surface area contributed by atoms with Crippen LogP contribution < -0.4 is 5.73 Å². The van der Waals surface area contributed by atoms with Crippen molar-refractivity contribution < 1.29 is 4.79 Å². The first kappa shape index (κ1) is 15.3. The van der Waals surface area contributed by atoms with Gasteiger partial charge in [-0.1, -0.05) is 6.92 Å². The molecule has 126 valence electrons. The number of hydrogen-bond donors (Lipinski definition) is 1. The molecule has 5 rings (SSSR count). The molecule has 1 aliphatic carbocycles. The minimum absolute atomic E-state index is 0.0588. The maximum absolute atomic E-state index is 13.4. The molecule has 2 atom stereocenters. The van der Waals surface area contributed by atoms with Gasteiger partial charge < -0.3 is 10.6 Å². The van der Waals surface area contributed by atoms with E-state index in [2.05, 4.69) is 22.1 Å². The summed E-state index contributed by atoms with van der Waals surface area (Å²) >= 11 is 0. The number of fused-ring (bicyclic) bond motifs is 2. The van der Waals surface area contributed by atoms with Crippen LogP contribution in [0.25, 0.3) is 5.69 Å². The van der Waals surface area contributed by atoms with Crippen molar-refractivity contribution in [2.24, 2.45) is 17.6 Å². The van der Waals surface area contributed by atoms with Crippen LogP contribution in [0.1, 0.15) is 35.9 Å². The number of nitrogens with zero attached hydrogens (tertiary/aromatic N) is 5. The SMILES string of the molecule is Cc1ccc(-n2nccn2)c(C(=O)N2C3CC(C3)[C@H](C)[C@H]2CN)n1. The summed E-state index contributed by atoms with van der Waals surface area (Å²) in [5.41, 5.74) is 7.82. The summed E-state index contributed by atoms with van der Waals surface area (Å²) in [6.45, 7) is 4.58. The molecule has 2 N–H and O–H groups in total. The van der Waals surface area contributed by atoms with E-state index in [9.17, 15) is 4.79 Å². The summed E-state index contributed by atoms with van der Waals surface area (Å²) in [5.74, 6) is 1.07. The number of pyridine rings is 1. The first-order valence-electron chi connectivity index (χ1n) is 8.47. The molecule has 2 bridgehead atoms. The van der Waals surface area contributed by atoms with Gasteiger partial charge in [0.2, 0.25) is 0 Å². The van der Waals surface area contributed by atoms with Gasteiger partial charge in [-0.2, -0.15) is 10.2 Å². The third-order valence-electron chi connectivity index (χ3n) is 5.58. The number of carbonyl (C=O) groups excluding carboxylic acids is 1. The molecule has 0 aromatic carbocycles. The Hall–Kier alpha value is -2.28. The Labute approximate surface area is 140 Å². The fraction of sp³-hybridized carbons (Fsp3) is 0.529. The minimum atomic E-state index is -0.0588. The fourth-order valence-corrected chi connectivity index (χ4v) is 4.10. The van der Waals surface area contributed by atoms with Crippen molar-refractivity contribution in [3.05, 3.63) is 35.9 Å². The second-order valence-corrected chi connectivity index (χ2v) is 6.90. The van der Waals surface area contributed by atoms with E-state index < -0.39 is 0 Å². The highest BCUT2D eigenvalue weighted by molar-refractivity contribution is 5.96. The van der Waals surface area contributed by atoms with Gasteiger partial charge in [-0.15, -0.1) is 4.80 Å². The average Bonchev–Trinajstić information content (AvgIpc) is 3.06. The molecule has 4 heterocycles. The molecule has 2 saturated heterocycles. The number of amides is 1. The number of aromatic nitrogens is 4. The Morgan fingerprint density at radius 3 is 2.67 bits per heavy atom. The molecule has 3 aliphatic rings. The normalized spacial score (nSPS) is 28.5. The summed E-state index contributed by atoms with van der Waals surface area (Å²) in [7, 11) is 0. The van der Waals surface area contributed by atoms with Crippen molar-refractivity contribution in [2.75, 3.05) is 6.54 Å². The van der Waals surface area contributed by atoms with Crippen molar-refractivity contribution in [1.82, 2.24) is 24.9 Å². The highest BCUT2D eigenvalue weighted by Gasteiger charge is 2.50. The number of hydrogen-bond acceptors (Lipinski definition) is 5. The highest BCUT2D eigenvalue weighted by Crippen LogP contribution is 2.46. The van der Waals surface area contributed by atoms with Crippen LogP contribution in [0.2, 0.25) is 0 Å². The number of aryl methyl sites for hydroxylation is 1. The van der Waals surface area contributed by atoms with Gasteiger partial charge in [0.25, 0.3) is 5.91 Å². The maximum Gasteiger partial charge on any atom is 0.275 e. The lowest BCUT2D eigenvalue weighted by Crippen LogP contribution is -2.65. The van der Waals surface area contributed by atoms with Crippen molar-refractivity contribution in [1.29, 1.82) is 0 Å². The molecule has 3 fully saturated rings. The van der Waals surface area contributed by atoms with Crippen LogP contribution in [0, 0.1) is 18.8 Å². The van der Waals surface area contributed by atoms with E-state index in [-0.39, 0.29) is 18.0 Å². The summed E-state index contributed by atoms with van der Waals surface area (Å²) < 4.78 is 0. The Bertz CT molecular complexity index is 752. The highest BCUT2D eigenvalue weighted by atomic mass is 16.2. The zero-order chi connectivity index (χ0) is 16.8. The van der Waals surface area contributed by atoms with Crippen LogP contribution in [0.3, 0.4) is 0 Å². The molecule has 24 heavy (non-hydrogen) atoms. The van der Waals surface area contributed by atoms with E-state index in [4.69, 9.17) is 5.73 Å². The van der Waals surface area contributed by atoms with E-state index in [0.717, 1.165) is 18.5 Å². The lowest BCUT2D eigenvalue weighted by Gasteiger charge is -2.57. The third kappa shape index (κ3) is 2.23. The Kier molecular flexibility index (Phi) is 3.60. The van der Waals surface area contributed by atoms with E-state index in [1.165, 1.54) is 4.80 Å². The van der Waals surface area contributed by atoms with Gasteiger partial charge in [-0.05, 0) is 43.7 Å². The Morgan fingerprint density at radius 2 is 2.00 bits per heavy atom. The first-order valence-corrected chi connectivity index (χ1v) is 8.47. The lowest BCUT2D eigenvalue weighted by molar-refractivity contribution is -0.0517. The second-order valence-electron chi connectivity index (χ2n) is 6.90. The molecule has 0 radical (unpaired) electrons. The predicted octanol–water partition coefficient (Wildman–Crippen LogP) is 1.17. The van der Waals surface area contributed by atoms with Crippen molar-refractivity contribution in [2.45, 2.75) is 38.8 Å². The maximum atomic E-state index is 13.4. The van der Waals surface area contributed by atoms with Crippen molar-refractivity contribution in [3.63, 3.8) is 0 Å². The molecule has 7 nitrogen and oxygen atoms in total. The van der Waals surface area contributed by atoms with Gasteiger partial charge >= 0.3 is 0 Å². The van der Waals surface area contributed by atoms with Gasteiger partial charge in [-0.25, -0.2) is 4.98 Å². The summed E-state index contributed by atoms with van der Waals surface area (Å²) in [6.07, 6.45) is 5.34. The van der Waals surface area contributed by atoms with Crippen LogP contribution in [0.4, 0.5) is 0 Å². The Balaban J connectivity index is 1.75. The molecule has 1 amide bonds. The van der Waals surface area contributed by atoms with Crippen LogP contribution >= 0.6 is 0 Å². The molecular weight excluding hydrogens is 304 g/mol. The van der Waals surface area contributed by atoms with Gasteiger partial charge in [-0.3, -0.25) is 4.79 Å². The van der Waals surface area contributed by atoms with Crippen LogP contribution in [-0.2, 0) is 0 Å². The standard InChI is InChI=1S/C17H22N6O/c1-10-3-4-14(23-19-5-6-20-23)16(21-10)17(24)22-13-7-12(8-13)11(2)15(22)9-18/h3-6,11-13,15H,7-9,18H2,1-2H3/t11-,12?,13?,15+/m0/s1. The lowest BCUT2D eigenvalue weighted by atomic mass is 9.64. The summed E-state index contributed by atoms with van der Waals surface area (Å²) in [4.78, 5) is 21.3. The molecule has 2 aliphatic heterocycles. The number of carbonyl (C=O) groups is 1. The molecule has 2 aromatic heterocycles. The molecule has 1 saturated carbocycles. The minimum Gasteiger partial charge on any atom is -0.330 e. The Morgan fingerprint density at radius 1 is 1.29 bits per heavy atom. The smallest absolute Gasteiger partial charge is 0.275 e. The van der Waals surface area contributed by atoms with E-state index in [0.29, 0.717) is 29.8 Å². The molecule has 2 aromatic rings. The summed E-state index contributed by atoms with van der Waals surface area (Å²) in [5, 5.41) is 8.31. The largest absolute Gasteiger partial charge is 0.330 e. The van der Waals surface area contributed by atoms with Crippen molar-refractivity contribution >= 4 is 5.91 Å². The topological polar surface area (TPSA) is 89.9 Å². The average molecular weight is 326 g/mol. The van der Waals surface area contributed by atoms with E-state index in [1.54, 1.807) is 12.4 Å². The van der Waals surface area contributed by atoms with Crippen molar-refractivity contribution in [3.8, 4) is 5.69 Å². The monoisotopic (exact) mass is 326 g/mol. The second kappa shape index (κ2) is 5.66. The van der Waals surface area contributed by atoms with Crippen LogP contribution in [0.5, 0.6) is 0 Å². The van der Waals surface area contributed by atoms with Crippen LogP contribution in [0.15, 0.2) is 24.5 Å². The summed E-state index contributed by atoms with van der Waals surface area (Å²) in [6, 6.07) is 4.08. The van der Waals surface area contributed by atoms with Gasteiger partial charge in [0.1, 0.15) is 5.69 Å². The van der Waals surface area contributed by atoms with Gasteiger partial charge in [0, 0.05) is 24.3 Å². The molecule has 0 unspecified atom stereocenters. The predicted molar refractivity (Wildman–Crippen MR) is 88.6 cm³/mol. The first-order chi connectivity index (χ1) is 11.6. The number of nitrogens with two attached hydrogens (primary N) is 1. The fourth-order valence-electron chi connectivity index (χ4n) is 4.10. The van der Waals surface area contributed by atoms with Crippen LogP contribution in [-0.4, -0.2) is 49.4 Å². The van der Waals surface area contributed by atoms with E-state index in [1.807, 2.05) is 24.0 Å². The quantitative estimate of drug-likeness (QED) is 0.914. The van der Waals surface area contributed by atoms with E-state index >= 15 is 0 Å². The van der Waals surface area contributed by atoms with Gasteiger partial charge in [0.15, 0.2) is 5.69 Å². The zero-order valence-electron chi connectivity index (χ0n) is 14.0. The number of piperidine rings is 2. The van der Waals surface area contributed by atoms with Gasteiger partial charge in [0.05, 0.1) is 12.4 Å². The molecule has 0 spiro atoms. The molecular formula is C17H22N6O. The zero-order valence-corrected chi connectivity index (χ0v) is 14.0.